The number of carbonyl (C=O) groups is 1. The summed E-state index contributed by atoms with van der Waals surface area (Å²) in [6.45, 7) is 3.20. The predicted octanol–water partition coefficient (Wildman–Crippen LogP) is 1.42. The van der Waals surface area contributed by atoms with E-state index in [1.807, 2.05) is 6.92 Å². The van der Waals surface area contributed by atoms with Gasteiger partial charge in [0.1, 0.15) is 0 Å². The Hall–Kier alpha value is -1.69. The Morgan fingerprint density at radius 2 is 2.42 bits per heavy atom. The van der Waals surface area contributed by atoms with Gasteiger partial charge in [0, 0.05) is 32.3 Å². The number of pyridine rings is 1. The topological polar surface area (TPSA) is 63.2 Å². The molecule has 0 bridgehead atoms. The third-order valence-corrected chi connectivity index (χ3v) is 3.43. The number of hydrogen-bond donors (Lipinski definition) is 2. The van der Waals surface area contributed by atoms with Crippen molar-refractivity contribution >= 4 is 11.7 Å². The Morgan fingerprint density at radius 3 is 3.05 bits per heavy atom. The number of amides is 1. The average Bonchev–Trinajstić information content (AvgIpc) is 2.82. The fourth-order valence-electron chi connectivity index (χ4n) is 2.16. The summed E-state index contributed by atoms with van der Waals surface area (Å²) in [5, 5.41) is 5.36. The van der Waals surface area contributed by atoms with Crippen LogP contribution in [0.4, 0.5) is 10.2 Å². The molecule has 0 aliphatic carbocycles. The normalized spacial score (nSPS) is 22.3. The summed E-state index contributed by atoms with van der Waals surface area (Å²) in [6, 6.07) is 1.38. The number of hydrogen-bond acceptors (Lipinski definition) is 4. The lowest BCUT2D eigenvalue weighted by atomic mass is 10.0. The maximum atomic E-state index is 13.9. The van der Waals surface area contributed by atoms with E-state index in [2.05, 4.69) is 15.6 Å². The molecule has 5 nitrogen and oxygen atoms in total. The highest BCUT2D eigenvalue weighted by molar-refractivity contribution is 5.95. The van der Waals surface area contributed by atoms with Crippen molar-refractivity contribution in [3.63, 3.8) is 0 Å². The van der Waals surface area contributed by atoms with E-state index < -0.39 is 11.7 Å². The second-order valence-corrected chi connectivity index (χ2v) is 4.61. The van der Waals surface area contributed by atoms with Gasteiger partial charge in [-0.2, -0.15) is 0 Å². The zero-order chi connectivity index (χ0) is 13.8. The van der Waals surface area contributed by atoms with Crippen LogP contribution in [0.1, 0.15) is 23.7 Å². The number of aromatic nitrogens is 1. The Labute approximate surface area is 111 Å². The van der Waals surface area contributed by atoms with E-state index in [-0.39, 0.29) is 23.4 Å². The summed E-state index contributed by atoms with van der Waals surface area (Å²) in [7, 11) is 1.56. The van der Waals surface area contributed by atoms with Gasteiger partial charge in [0.15, 0.2) is 11.6 Å². The molecule has 1 aromatic heterocycles. The monoisotopic (exact) mass is 267 g/mol. The molecule has 1 fully saturated rings. The van der Waals surface area contributed by atoms with E-state index in [9.17, 15) is 9.18 Å². The van der Waals surface area contributed by atoms with Crippen molar-refractivity contribution in [3.05, 3.63) is 23.6 Å². The SMILES string of the molecule is CNc1nccc(C(=O)NCC2CCOC2C)c1F. The number of ether oxygens (including phenoxy) is 1. The van der Waals surface area contributed by atoms with Gasteiger partial charge in [-0.05, 0) is 19.4 Å². The van der Waals surface area contributed by atoms with Crippen LogP contribution < -0.4 is 10.6 Å². The summed E-state index contributed by atoms with van der Waals surface area (Å²) in [5.41, 5.74) is 0.00548. The zero-order valence-corrected chi connectivity index (χ0v) is 11.1. The van der Waals surface area contributed by atoms with Crippen LogP contribution in [0, 0.1) is 11.7 Å². The number of carbonyl (C=O) groups excluding carboxylic acids is 1. The molecule has 2 unspecified atom stereocenters. The Morgan fingerprint density at radius 1 is 1.63 bits per heavy atom. The first kappa shape index (κ1) is 13.7. The summed E-state index contributed by atoms with van der Waals surface area (Å²) in [4.78, 5) is 15.8. The van der Waals surface area contributed by atoms with Crippen LogP contribution in [0.3, 0.4) is 0 Å². The molecular weight excluding hydrogens is 249 g/mol. The highest BCUT2D eigenvalue weighted by Gasteiger charge is 2.25. The third-order valence-electron chi connectivity index (χ3n) is 3.43. The molecule has 104 valence electrons. The molecule has 2 N–H and O–H groups in total. The van der Waals surface area contributed by atoms with Crippen LogP contribution >= 0.6 is 0 Å². The predicted molar refractivity (Wildman–Crippen MR) is 69.6 cm³/mol. The second-order valence-electron chi connectivity index (χ2n) is 4.61. The molecule has 0 aromatic carbocycles. The van der Waals surface area contributed by atoms with Gasteiger partial charge in [-0.25, -0.2) is 9.37 Å². The standard InChI is InChI=1S/C13H18FN3O2/c1-8-9(4-6-19-8)7-17-13(18)10-3-5-16-12(15-2)11(10)14/h3,5,8-9H,4,6-7H2,1-2H3,(H,15,16)(H,17,18). The summed E-state index contributed by atoms with van der Waals surface area (Å²) in [6.07, 6.45) is 2.46. The van der Waals surface area contributed by atoms with Crippen molar-refractivity contribution in [1.82, 2.24) is 10.3 Å². The van der Waals surface area contributed by atoms with Gasteiger partial charge < -0.3 is 15.4 Å². The zero-order valence-electron chi connectivity index (χ0n) is 11.1. The highest BCUT2D eigenvalue weighted by atomic mass is 19.1. The molecule has 0 spiro atoms. The number of anilines is 1. The maximum absolute atomic E-state index is 13.9. The molecule has 6 heteroatoms. The van der Waals surface area contributed by atoms with E-state index in [0.717, 1.165) is 13.0 Å². The first-order chi connectivity index (χ1) is 9.13. The molecular formula is C13H18FN3O2. The first-order valence-corrected chi connectivity index (χ1v) is 6.35. The molecule has 0 saturated carbocycles. The number of nitrogens with zero attached hydrogens (tertiary/aromatic N) is 1. The largest absolute Gasteiger partial charge is 0.378 e. The maximum Gasteiger partial charge on any atom is 0.254 e. The van der Waals surface area contributed by atoms with Crippen molar-refractivity contribution < 1.29 is 13.9 Å². The molecule has 1 aromatic rings. The van der Waals surface area contributed by atoms with Gasteiger partial charge in [-0.1, -0.05) is 0 Å². The minimum absolute atomic E-state index is 0.00548. The van der Waals surface area contributed by atoms with Gasteiger partial charge in [-0.3, -0.25) is 4.79 Å². The molecule has 1 amide bonds. The number of rotatable bonds is 4. The molecule has 0 radical (unpaired) electrons. The number of halogens is 1. The minimum atomic E-state index is -0.627. The Balaban J connectivity index is 2.00. The van der Waals surface area contributed by atoms with Crippen LogP contribution in [0.15, 0.2) is 12.3 Å². The van der Waals surface area contributed by atoms with Gasteiger partial charge >= 0.3 is 0 Å². The Bertz CT molecular complexity index is 467. The van der Waals surface area contributed by atoms with Crippen molar-refractivity contribution in [3.8, 4) is 0 Å². The van der Waals surface area contributed by atoms with Gasteiger partial charge in [0.2, 0.25) is 0 Å². The fraction of sp³-hybridized carbons (Fsp3) is 0.538. The first-order valence-electron chi connectivity index (χ1n) is 6.35. The lowest BCUT2D eigenvalue weighted by molar-refractivity contribution is 0.0904. The molecule has 2 atom stereocenters. The quantitative estimate of drug-likeness (QED) is 0.866. The van der Waals surface area contributed by atoms with Crippen LogP contribution in [-0.4, -0.2) is 37.2 Å². The third kappa shape index (κ3) is 3.01. The molecule has 19 heavy (non-hydrogen) atoms. The van der Waals surface area contributed by atoms with Crippen LogP contribution in [0.2, 0.25) is 0 Å². The van der Waals surface area contributed by atoms with Crippen molar-refractivity contribution in [1.29, 1.82) is 0 Å². The second kappa shape index (κ2) is 5.97. The van der Waals surface area contributed by atoms with Crippen LogP contribution in [-0.2, 0) is 4.74 Å². The van der Waals surface area contributed by atoms with E-state index in [1.165, 1.54) is 12.3 Å². The van der Waals surface area contributed by atoms with Gasteiger partial charge in [0.05, 0.1) is 11.7 Å². The lowest BCUT2D eigenvalue weighted by Crippen LogP contribution is -2.32. The summed E-state index contributed by atoms with van der Waals surface area (Å²) >= 11 is 0. The van der Waals surface area contributed by atoms with Crippen molar-refractivity contribution in [2.45, 2.75) is 19.4 Å². The Kier molecular flexibility index (Phi) is 4.31. The van der Waals surface area contributed by atoms with E-state index in [0.29, 0.717) is 6.54 Å². The molecule has 1 aliphatic rings. The minimum Gasteiger partial charge on any atom is -0.378 e. The molecule has 1 aliphatic heterocycles. The van der Waals surface area contributed by atoms with Crippen LogP contribution in [0.5, 0.6) is 0 Å². The molecule has 2 rings (SSSR count). The molecule has 1 saturated heterocycles. The van der Waals surface area contributed by atoms with E-state index in [1.54, 1.807) is 7.05 Å². The van der Waals surface area contributed by atoms with Crippen LogP contribution in [0.25, 0.3) is 0 Å². The van der Waals surface area contributed by atoms with Crippen molar-refractivity contribution in [2.24, 2.45) is 5.92 Å². The highest BCUT2D eigenvalue weighted by Crippen LogP contribution is 2.20. The number of nitrogens with one attached hydrogen (secondary N) is 2. The van der Waals surface area contributed by atoms with E-state index in [4.69, 9.17) is 4.74 Å². The lowest BCUT2D eigenvalue weighted by Gasteiger charge is -2.15. The summed E-state index contributed by atoms with van der Waals surface area (Å²) in [5.74, 6) is -0.684. The smallest absolute Gasteiger partial charge is 0.254 e. The average molecular weight is 267 g/mol. The van der Waals surface area contributed by atoms with E-state index >= 15 is 0 Å². The summed E-state index contributed by atoms with van der Waals surface area (Å²) < 4.78 is 19.3. The van der Waals surface area contributed by atoms with Gasteiger partial charge in [0.25, 0.3) is 5.91 Å². The van der Waals surface area contributed by atoms with Gasteiger partial charge in [-0.15, -0.1) is 0 Å². The van der Waals surface area contributed by atoms with Crippen molar-refractivity contribution in [2.75, 3.05) is 25.5 Å². The fourth-order valence-corrected chi connectivity index (χ4v) is 2.16. The molecule has 2 heterocycles.